The molecule has 108 valence electrons. The Morgan fingerprint density at radius 3 is 2.35 bits per heavy atom. The molecular weight excluding hydrogens is 322 g/mol. The molecule has 4 nitrogen and oxygen atoms in total. The van der Waals surface area contributed by atoms with E-state index in [0.29, 0.717) is 11.5 Å². The summed E-state index contributed by atoms with van der Waals surface area (Å²) in [5, 5.41) is 8.69. The number of hydrogen-bond acceptors (Lipinski definition) is 2. The monoisotopic (exact) mass is 339 g/mol. The average molecular weight is 340 g/mol. The van der Waals surface area contributed by atoms with Crippen LogP contribution < -0.4 is 0 Å². The number of benzene rings is 1. The zero-order valence-electron chi connectivity index (χ0n) is 11.2. The molecule has 2 rings (SSSR count). The molecule has 1 saturated heterocycles. The van der Waals surface area contributed by atoms with Crippen molar-refractivity contribution < 1.29 is 14.7 Å². The number of carbonyl (C=O) groups is 2. The molecule has 1 heterocycles. The first-order valence-electron chi connectivity index (χ1n) is 6.83. The maximum Gasteiger partial charge on any atom is 0.303 e. The van der Waals surface area contributed by atoms with Crippen LogP contribution in [-0.2, 0) is 4.79 Å². The standard InChI is InChI=1S/C15H18BrNO3/c16-13-4-2-12(3-5-13)15(20)17-9-7-11(8-10-17)1-6-14(18)19/h2-5,11H,1,6-10H2,(H,18,19). The van der Waals surface area contributed by atoms with E-state index in [-0.39, 0.29) is 12.3 Å². The van der Waals surface area contributed by atoms with Crippen LogP contribution in [0.5, 0.6) is 0 Å². The normalized spacial score (nSPS) is 16.1. The Morgan fingerprint density at radius 1 is 1.20 bits per heavy atom. The summed E-state index contributed by atoms with van der Waals surface area (Å²) >= 11 is 3.35. The van der Waals surface area contributed by atoms with Crippen LogP contribution in [0.15, 0.2) is 28.7 Å². The topological polar surface area (TPSA) is 57.6 Å². The Hall–Kier alpha value is -1.36. The highest BCUT2D eigenvalue weighted by Gasteiger charge is 2.23. The van der Waals surface area contributed by atoms with E-state index in [9.17, 15) is 9.59 Å². The first-order chi connectivity index (χ1) is 9.56. The van der Waals surface area contributed by atoms with Crippen LogP contribution in [0.4, 0.5) is 0 Å². The third-order valence-corrected chi connectivity index (χ3v) is 4.29. The zero-order valence-corrected chi connectivity index (χ0v) is 12.8. The van der Waals surface area contributed by atoms with Gasteiger partial charge in [0.15, 0.2) is 0 Å². The SMILES string of the molecule is O=C(O)CCC1CCN(C(=O)c2ccc(Br)cc2)CC1. The molecule has 0 unspecified atom stereocenters. The predicted octanol–water partition coefficient (Wildman–Crippen LogP) is 3.17. The van der Waals surface area contributed by atoms with Gasteiger partial charge in [-0.15, -0.1) is 0 Å². The van der Waals surface area contributed by atoms with Crippen LogP contribution in [0.25, 0.3) is 0 Å². The molecule has 1 aromatic rings. The fourth-order valence-corrected chi connectivity index (χ4v) is 2.79. The van der Waals surface area contributed by atoms with Crippen molar-refractivity contribution in [3.8, 4) is 0 Å². The van der Waals surface area contributed by atoms with Gasteiger partial charge in [0.05, 0.1) is 0 Å². The van der Waals surface area contributed by atoms with Crippen LogP contribution in [0.1, 0.15) is 36.0 Å². The number of halogens is 1. The van der Waals surface area contributed by atoms with Crippen molar-refractivity contribution in [2.45, 2.75) is 25.7 Å². The lowest BCUT2D eigenvalue weighted by atomic mass is 9.92. The predicted molar refractivity (Wildman–Crippen MR) is 79.6 cm³/mol. The summed E-state index contributed by atoms with van der Waals surface area (Å²) in [6, 6.07) is 7.38. The maximum atomic E-state index is 12.3. The van der Waals surface area contributed by atoms with E-state index in [1.807, 2.05) is 29.2 Å². The fraction of sp³-hybridized carbons (Fsp3) is 0.467. The molecule has 0 saturated carbocycles. The molecule has 0 spiro atoms. The van der Waals surface area contributed by atoms with E-state index < -0.39 is 5.97 Å². The molecule has 0 bridgehead atoms. The Balaban J connectivity index is 1.85. The number of rotatable bonds is 4. The van der Waals surface area contributed by atoms with Gasteiger partial charge < -0.3 is 10.0 Å². The molecule has 1 aliphatic rings. The Kier molecular flexibility index (Phi) is 5.17. The molecule has 0 aliphatic carbocycles. The van der Waals surface area contributed by atoms with E-state index in [4.69, 9.17) is 5.11 Å². The molecule has 0 aromatic heterocycles. The number of amides is 1. The Morgan fingerprint density at radius 2 is 1.80 bits per heavy atom. The number of nitrogens with zero attached hydrogens (tertiary/aromatic N) is 1. The minimum Gasteiger partial charge on any atom is -0.481 e. The largest absolute Gasteiger partial charge is 0.481 e. The lowest BCUT2D eigenvalue weighted by Gasteiger charge is -2.32. The van der Waals surface area contributed by atoms with Crippen molar-refractivity contribution in [1.29, 1.82) is 0 Å². The van der Waals surface area contributed by atoms with Gasteiger partial charge in [-0.3, -0.25) is 9.59 Å². The van der Waals surface area contributed by atoms with Crippen molar-refractivity contribution in [1.82, 2.24) is 4.90 Å². The Bertz CT molecular complexity index is 478. The first-order valence-corrected chi connectivity index (χ1v) is 7.62. The van der Waals surface area contributed by atoms with Gasteiger partial charge in [0.25, 0.3) is 5.91 Å². The minimum absolute atomic E-state index is 0.0641. The number of aliphatic carboxylic acids is 1. The highest BCUT2D eigenvalue weighted by molar-refractivity contribution is 9.10. The summed E-state index contributed by atoms with van der Waals surface area (Å²) in [4.78, 5) is 24.7. The molecule has 1 N–H and O–H groups in total. The second-order valence-corrected chi connectivity index (χ2v) is 6.09. The van der Waals surface area contributed by atoms with E-state index in [1.165, 1.54) is 0 Å². The van der Waals surface area contributed by atoms with Gasteiger partial charge in [0.1, 0.15) is 0 Å². The zero-order chi connectivity index (χ0) is 14.5. The quantitative estimate of drug-likeness (QED) is 0.916. The molecule has 20 heavy (non-hydrogen) atoms. The smallest absolute Gasteiger partial charge is 0.303 e. The summed E-state index contributed by atoms with van der Waals surface area (Å²) in [6.45, 7) is 1.44. The van der Waals surface area contributed by atoms with E-state index >= 15 is 0 Å². The number of piperidine rings is 1. The van der Waals surface area contributed by atoms with Gasteiger partial charge in [-0.1, -0.05) is 15.9 Å². The van der Waals surface area contributed by atoms with E-state index in [1.54, 1.807) is 0 Å². The van der Waals surface area contributed by atoms with E-state index in [0.717, 1.165) is 36.8 Å². The maximum absolute atomic E-state index is 12.3. The van der Waals surface area contributed by atoms with Gasteiger partial charge in [-0.05, 0) is 49.4 Å². The van der Waals surface area contributed by atoms with Crippen molar-refractivity contribution in [3.63, 3.8) is 0 Å². The van der Waals surface area contributed by atoms with Gasteiger partial charge >= 0.3 is 5.97 Å². The number of carbonyl (C=O) groups excluding carboxylic acids is 1. The summed E-state index contributed by atoms with van der Waals surface area (Å²) < 4.78 is 0.960. The molecule has 0 atom stereocenters. The van der Waals surface area contributed by atoms with Crippen molar-refractivity contribution in [3.05, 3.63) is 34.3 Å². The van der Waals surface area contributed by atoms with Crippen LogP contribution in [-0.4, -0.2) is 35.0 Å². The number of likely N-dealkylation sites (tertiary alicyclic amines) is 1. The van der Waals surface area contributed by atoms with Crippen molar-refractivity contribution in [2.75, 3.05) is 13.1 Å². The summed E-state index contributed by atoms with van der Waals surface area (Å²) in [5.41, 5.74) is 0.706. The summed E-state index contributed by atoms with van der Waals surface area (Å²) in [5.74, 6) is -0.243. The van der Waals surface area contributed by atoms with Crippen LogP contribution in [0, 0.1) is 5.92 Å². The first kappa shape index (κ1) is 15.0. The van der Waals surface area contributed by atoms with Gasteiger partial charge in [-0.2, -0.15) is 0 Å². The second kappa shape index (κ2) is 6.88. The highest BCUT2D eigenvalue weighted by Crippen LogP contribution is 2.23. The van der Waals surface area contributed by atoms with Crippen LogP contribution >= 0.6 is 15.9 Å². The molecule has 1 aromatic carbocycles. The Labute approximate surface area is 126 Å². The van der Waals surface area contributed by atoms with Gasteiger partial charge in [-0.25, -0.2) is 0 Å². The fourth-order valence-electron chi connectivity index (χ4n) is 2.53. The minimum atomic E-state index is -0.738. The highest BCUT2D eigenvalue weighted by atomic mass is 79.9. The molecule has 1 aliphatic heterocycles. The molecular formula is C15H18BrNO3. The van der Waals surface area contributed by atoms with Crippen molar-refractivity contribution >= 4 is 27.8 Å². The second-order valence-electron chi connectivity index (χ2n) is 5.17. The third-order valence-electron chi connectivity index (χ3n) is 3.76. The van der Waals surface area contributed by atoms with Gasteiger partial charge in [0, 0.05) is 29.5 Å². The number of hydrogen-bond donors (Lipinski definition) is 1. The molecule has 5 heteroatoms. The van der Waals surface area contributed by atoms with E-state index in [2.05, 4.69) is 15.9 Å². The summed E-state index contributed by atoms with van der Waals surface area (Å²) in [7, 11) is 0. The molecule has 1 fully saturated rings. The average Bonchev–Trinajstić information content (AvgIpc) is 2.46. The third kappa shape index (κ3) is 4.07. The lowest BCUT2D eigenvalue weighted by Crippen LogP contribution is -2.38. The molecule has 1 amide bonds. The van der Waals surface area contributed by atoms with Crippen LogP contribution in [0.3, 0.4) is 0 Å². The van der Waals surface area contributed by atoms with Crippen molar-refractivity contribution in [2.24, 2.45) is 5.92 Å². The lowest BCUT2D eigenvalue weighted by molar-refractivity contribution is -0.137. The van der Waals surface area contributed by atoms with Crippen LogP contribution in [0.2, 0.25) is 0 Å². The van der Waals surface area contributed by atoms with Gasteiger partial charge in [0.2, 0.25) is 0 Å². The molecule has 0 radical (unpaired) electrons. The number of carboxylic acids is 1. The number of carboxylic acid groups (broad SMARTS) is 1. The summed E-state index contributed by atoms with van der Waals surface area (Å²) in [6.07, 6.45) is 2.74.